The molecular formula is C20H22Cl3NO3. The Morgan fingerprint density at radius 3 is 2.33 bits per heavy atom. The molecule has 27 heavy (non-hydrogen) atoms. The van der Waals surface area contributed by atoms with Crippen molar-refractivity contribution in [1.29, 1.82) is 0 Å². The van der Waals surface area contributed by atoms with Crippen LogP contribution in [0, 0.1) is 0 Å². The summed E-state index contributed by atoms with van der Waals surface area (Å²) in [7, 11) is 0. The fourth-order valence-electron chi connectivity index (χ4n) is 3.03. The van der Waals surface area contributed by atoms with Gasteiger partial charge in [0.05, 0.1) is 33.1 Å². The van der Waals surface area contributed by atoms with Crippen LogP contribution in [-0.4, -0.2) is 22.7 Å². The summed E-state index contributed by atoms with van der Waals surface area (Å²) in [6.45, 7) is 3.50. The van der Waals surface area contributed by atoms with Crippen LogP contribution in [0.2, 0.25) is 15.1 Å². The number of hydrogen-bond acceptors (Lipinski definition) is 3. The van der Waals surface area contributed by atoms with Crippen molar-refractivity contribution in [2.45, 2.75) is 38.1 Å². The Bertz CT molecular complexity index is 828. The van der Waals surface area contributed by atoms with E-state index >= 15 is 0 Å². The van der Waals surface area contributed by atoms with Crippen LogP contribution in [0.5, 0.6) is 5.75 Å². The summed E-state index contributed by atoms with van der Waals surface area (Å²) >= 11 is 18.0. The highest BCUT2D eigenvalue weighted by Gasteiger charge is 2.36. The van der Waals surface area contributed by atoms with Gasteiger partial charge in [0.2, 0.25) is 5.91 Å². The molecule has 0 bridgehead atoms. The van der Waals surface area contributed by atoms with Gasteiger partial charge in [-0.3, -0.25) is 4.79 Å². The van der Waals surface area contributed by atoms with Gasteiger partial charge >= 0.3 is 0 Å². The predicted molar refractivity (Wildman–Crippen MR) is 110 cm³/mol. The number of benzene rings is 2. The number of phenols is 1. The van der Waals surface area contributed by atoms with E-state index in [9.17, 15) is 15.0 Å². The Labute approximate surface area is 174 Å². The number of halogens is 3. The standard InChI is InChI=1S/C20H22Cl3NO3/c1-3-8-20(2,13-5-7-14(21)16(23)10-13)19(27)24-17(11-25)12-4-6-15(22)18(26)9-12/h4-7,9-10,17,25-26H,3,8,11H2,1-2H3,(H,24,27)/t17-,20?/m0/s1. The third kappa shape index (κ3) is 4.88. The van der Waals surface area contributed by atoms with Gasteiger partial charge in [-0.1, -0.05) is 60.3 Å². The van der Waals surface area contributed by atoms with Crippen molar-refractivity contribution in [3.63, 3.8) is 0 Å². The van der Waals surface area contributed by atoms with Crippen LogP contribution >= 0.6 is 34.8 Å². The molecular weight excluding hydrogens is 409 g/mol. The quantitative estimate of drug-likeness (QED) is 0.561. The minimum absolute atomic E-state index is 0.109. The Morgan fingerprint density at radius 2 is 1.78 bits per heavy atom. The third-order valence-electron chi connectivity index (χ3n) is 4.67. The molecule has 0 saturated heterocycles. The van der Waals surface area contributed by atoms with Crippen LogP contribution in [0.3, 0.4) is 0 Å². The summed E-state index contributed by atoms with van der Waals surface area (Å²) in [4.78, 5) is 13.2. The van der Waals surface area contributed by atoms with E-state index in [-0.39, 0.29) is 23.3 Å². The first kappa shape index (κ1) is 21.8. The SMILES string of the molecule is CCCC(C)(C(=O)N[C@@H](CO)c1ccc(Cl)c(O)c1)c1ccc(Cl)c(Cl)c1. The van der Waals surface area contributed by atoms with Gasteiger partial charge in [0.25, 0.3) is 0 Å². The van der Waals surface area contributed by atoms with Gasteiger partial charge in [0, 0.05) is 0 Å². The highest BCUT2D eigenvalue weighted by atomic mass is 35.5. The normalized spacial score (nSPS) is 14.4. The molecule has 0 aliphatic carbocycles. The van der Waals surface area contributed by atoms with Crippen molar-refractivity contribution in [2.75, 3.05) is 6.61 Å². The predicted octanol–water partition coefficient (Wildman–Crippen LogP) is 5.26. The molecule has 1 unspecified atom stereocenters. The molecule has 2 aromatic rings. The highest BCUT2D eigenvalue weighted by Crippen LogP contribution is 2.35. The van der Waals surface area contributed by atoms with E-state index in [0.29, 0.717) is 22.0 Å². The summed E-state index contributed by atoms with van der Waals surface area (Å²) < 4.78 is 0. The lowest BCUT2D eigenvalue weighted by Gasteiger charge is -2.31. The second-order valence-corrected chi connectivity index (χ2v) is 7.85. The Morgan fingerprint density at radius 1 is 1.11 bits per heavy atom. The van der Waals surface area contributed by atoms with Crippen molar-refractivity contribution in [2.24, 2.45) is 0 Å². The zero-order valence-corrected chi connectivity index (χ0v) is 17.4. The second kappa shape index (κ2) is 9.16. The number of nitrogens with one attached hydrogen (secondary N) is 1. The van der Waals surface area contributed by atoms with Crippen LogP contribution < -0.4 is 5.32 Å². The molecule has 0 spiro atoms. The summed E-state index contributed by atoms with van der Waals surface area (Å²) in [5.74, 6) is -0.362. The number of phenolic OH excluding ortho intramolecular Hbond substituents is 1. The zero-order valence-electron chi connectivity index (χ0n) is 15.1. The molecule has 0 aliphatic heterocycles. The van der Waals surface area contributed by atoms with E-state index in [1.807, 2.05) is 13.8 Å². The van der Waals surface area contributed by atoms with Gasteiger partial charge in [0.15, 0.2) is 0 Å². The lowest BCUT2D eigenvalue weighted by Crippen LogP contribution is -2.44. The van der Waals surface area contributed by atoms with Gasteiger partial charge < -0.3 is 15.5 Å². The summed E-state index contributed by atoms with van der Waals surface area (Å²) in [5.41, 5.74) is 0.442. The fraction of sp³-hybridized carbons (Fsp3) is 0.350. The van der Waals surface area contributed by atoms with E-state index in [0.717, 1.165) is 12.0 Å². The number of carbonyl (C=O) groups excluding carboxylic acids is 1. The molecule has 0 aliphatic rings. The number of amides is 1. The van der Waals surface area contributed by atoms with Crippen LogP contribution in [0.4, 0.5) is 0 Å². The highest BCUT2D eigenvalue weighted by molar-refractivity contribution is 6.42. The molecule has 0 radical (unpaired) electrons. The molecule has 3 N–H and O–H groups in total. The molecule has 0 aromatic heterocycles. The largest absolute Gasteiger partial charge is 0.506 e. The number of aliphatic hydroxyl groups excluding tert-OH is 1. The maximum absolute atomic E-state index is 13.2. The lowest BCUT2D eigenvalue weighted by molar-refractivity contribution is -0.127. The lowest BCUT2D eigenvalue weighted by atomic mass is 9.77. The molecule has 146 valence electrons. The third-order valence-corrected chi connectivity index (χ3v) is 5.73. The first-order valence-corrected chi connectivity index (χ1v) is 9.72. The number of carbonyl (C=O) groups is 1. The van der Waals surface area contributed by atoms with Crippen molar-refractivity contribution in [3.05, 3.63) is 62.6 Å². The summed E-state index contributed by atoms with van der Waals surface area (Å²) in [6, 6.07) is 9.07. The molecule has 2 atom stereocenters. The number of rotatable bonds is 7. The summed E-state index contributed by atoms with van der Waals surface area (Å²) in [5, 5.41) is 23.4. The zero-order chi connectivity index (χ0) is 20.2. The van der Waals surface area contributed by atoms with Crippen molar-refractivity contribution >= 4 is 40.7 Å². The first-order valence-electron chi connectivity index (χ1n) is 8.58. The monoisotopic (exact) mass is 429 g/mol. The Hall–Kier alpha value is -1.46. The molecule has 4 nitrogen and oxygen atoms in total. The minimum atomic E-state index is -0.856. The van der Waals surface area contributed by atoms with Crippen LogP contribution in [0.15, 0.2) is 36.4 Å². The maximum Gasteiger partial charge on any atom is 0.230 e. The van der Waals surface area contributed by atoms with Gasteiger partial charge in [0.1, 0.15) is 5.75 Å². The van der Waals surface area contributed by atoms with Gasteiger partial charge in [-0.2, -0.15) is 0 Å². The van der Waals surface area contributed by atoms with Crippen LogP contribution in [0.1, 0.15) is 43.9 Å². The molecule has 0 heterocycles. The van der Waals surface area contributed by atoms with E-state index in [4.69, 9.17) is 34.8 Å². The number of aromatic hydroxyl groups is 1. The average Bonchev–Trinajstić information content (AvgIpc) is 2.64. The smallest absolute Gasteiger partial charge is 0.230 e. The average molecular weight is 431 g/mol. The van der Waals surface area contributed by atoms with E-state index < -0.39 is 11.5 Å². The van der Waals surface area contributed by atoms with Crippen LogP contribution in [-0.2, 0) is 10.2 Å². The van der Waals surface area contributed by atoms with E-state index in [1.54, 1.807) is 24.3 Å². The molecule has 2 rings (SSSR count). The molecule has 2 aromatic carbocycles. The number of hydrogen-bond donors (Lipinski definition) is 3. The van der Waals surface area contributed by atoms with Gasteiger partial charge in [-0.25, -0.2) is 0 Å². The van der Waals surface area contributed by atoms with Crippen molar-refractivity contribution in [3.8, 4) is 5.75 Å². The second-order valence-electron chi connectivity index (χ2n) is 6.63. The van der Waals surface area contributed by atoms with Crippen LogP contribution in [0.25, 0.3) is 0 Å². The minimum Gasteiger partial charge on any atom is -0.506 e. The Kier molecular flexibility index (Phi) is 7.40. The van der Waals surface area contributed by atoms with Crippen molar-refractivity contribution < 1.29 is 15.0 Å². The first-order chi connectivity index (χ1) is 12.7. The number of aliphatic hydroxyl groups is 1. The topological polar surface area (TPSA) is 69.6 Å². The van der Waals surface area contributed by atoms with E-state index in [2.05, 4.69) is 5.32 Å². The molecule has 7 heteroatoms. The van der Waals surface area contributed by atoms with Crippen molar-refractivity contribution in [1.82, 2.24) is 5.32 Å². The molecule has 0 saturated carbocycles. The fourth-order valence-corrected chi connectivity index (χ4v) is 3.44. The Balaban J connectivity index is 2.34. The molecule has 1 amide bonds. The summed E-state index contributed by atoms with van der Waals surface area (Å²) in [6.07, 6.45) is 1.36. The molecule has 0 fully saturated rings. The van der Waals surface area contributed by atoms with Gasteiger partial charge in [-0.15, -0.1) is 0 Å². The maximum atomic E-state index is 13.2. The van der Waals surface area contributed by atoms with Gasteiger partial charge in [-0.05, 0) is 48.7 Å². The van der Waals surface area contributed by atoms with E-state index in [1.165, 1.54) is 12.1 Å².